The molecule has 3 N–H and O–H groups in total. The number of rotatable bonds is 7. The highest BCUT2D eigenvalue weighted by Gasteiger charge is 2.40. The quantitative estimate of drug-likeness (QED) is 0.602. The smallest absolute Gasteiger partial charge is 0.420 e. The molecule has 2 amide bonds. The molecule has 0 aliphatic rings. The molecule has 0 heterocycles. The number of carboxylic acid groups (broad SMARTS) is 1. The van der Waals surface area contributed by atoms with Crippen molar-refractivity contribution < 1.29 is 33.2 Å². The summed E-state index contributed by atoms with van der Waals surface area (Å²) < 4.78 is 22.7. The first-order chi connectivity index (χ1) is 12.5. The van der Waals surface area contributed by atoms with Crippen LogP contribution in [0.15, 0.2) is 0 Å². The van der Waals surface area contributed by atoms with Gasteiger partial charge >= 0.3 is 18.2 Å². The lowest BCUT2D eigenvalue weighted by Gasteiger charge is -2.31. The number of ether oxygens (including phenoxy) is 2. The van der Waals surface area contributed by atoms with E-state index in [9.17, 15) is 23.7 Å². The first-order valence-electron chi connectivity index (χ1n) is 9.10. The van der Waals surface area contributed by atoms with Crippen molar-refractivity contribution in [2.45, 2.75) is 85.0 Å². The number of amides is 2. The summed E-state index contributed by atoms with van der Waals surface area (Å²) in [6, 6.07) is -1.67. The Morgan fingerprint density at radius 1 is 1.07 bits per heavy atom. The van der Waals surface area contributed by atoms with Crippen molar-refractivity contribution in [3.63, 3.8) is 0 Å². The van der Waals surface area contributed by atoms with Gasteiger partial charge in [-0.05, 0) is 53.3 Å². The van der Waals surface area contributed by atoms with E-state index in [1.807, 2.05) is 6.92 Å². The molecule has 0 aromatic carbocycles. The number of carbonyl (C=O) groups excluding carboxylic acids is 2. The molecule has 0 saturated carbocycles. The molecule has 164 valence electrons. The van der Waals surface area contributed by atoms with Gasteiger partial charge in [0.1, 0.15) is 17.2 Å². The number of unbranched alkanes of at least 4 members (excludes halogenated alkanes) is 1. The Morgan fingerprint density at radius 2 is 1.50 bits per heavy atom. The predicted molar refractivity (Wildman–Crippen MR) is 109 cm³/mol. The maximum atomic E-state index is 12.6. The van der Waals surface area contributed by atoms with Crippen LogP contribution in [0.2, 0.25) is 0 Å². The van der Waals surface area contributed by atoms with Gasteiger partial charge in [0.05, 0.1) is 0 Å². The molecular weight excluding hydrogens is 388 g/mol. The van der Waals surface area contributed by atoms with E-state index in [-0.39, 0.29) is 5.75 Å². The highest BCUT2D eigenvalue weighted by atomic mass is 32.2. The van der Waals surface area contributed by atoms with Crippen molar-refractivity contribution in [2.75, 3.05) is 5.75 Å². The summed E-state index contributed by atoms with van der Waals surface area (Å²) in [5.41, 5.74) is -1.93. The average Bonchev–Trinajstić information content (AvgIpc) is 2.45. The number of carbonyl (C=O) groups is 3. The van der Waals surface area contributed by atoms with E-state index >= 15 is 0 Å². The van der Waals surface area contributed by atoms with E-state index in [0.717, 1.165) is 11.8 Å². The molecule has 0 rings (SSSR count). The van der Waals surface area contributed by atoms with Gasteiger partial charge in [-0.2, -0.15) is 4.90 Å². The molecule has 1 unspecified atom stereocenters. The first kappa shape index (κ1) is 26.2. The zero-order valence-electron chi connectivity index (χ0n) is 17.8. The van der Waals surface area contributed by atoms with Crippen LogP contribution >= 0.6 is 0 Å². The SMILES string of the molecule is CCCCS(N)(=O)=CC[C@@H](C(=O)O)N(C(=O)OC(C)(C)C)C(=O)OC(C)(C)C. The Morgan fingerprint density at radius 3 is 1.82 bits per heavy atom. The monoisotopic (exact) mass is 422 g/mol. The molecule has 0 aromatic heterocycles. The van der Waals surface area contributed by atoms with Crippen molar-refractivity contribution in [3.8, 4) is 0 Å². The van der Waals surface area contributed by atoms with Crippen molar-refractivity contribution in [1.82, 2.24) is 4.90 Å². The maximum absolute atomic E-state index is 12.6. The largest absolute Gasteiger partial charge is 0.480 e. The second kappa shape index (κ2) is 10.1. The minimum Gasteiger partial charge on any atom is -0.480 e. The van der Waals surface area contributed by atoms with Gasteiger partial charge in [0.25, 0.3) is 0 Å². The van der Waals surface area contributed by atoms with Gasteiger partial charge in [-0.3, -0.25) is 9.35 Å². The summed E-state index contributed by atoms with van der Waals surface area (Å²) in [6.45, 7) is 11.4. The lowest BCUT2D eigenvalue weighted by molar-refractivity contribution is -0.142. The molecule has 10 heteroatoms. The van der Waals surface area contributed by atoms with Gasteiger partial charge in [-0.1, -0.05) is 13.3 Å². The Labute approximate surface area is 167 Å². The van der Waals surface area contributed by atoms with Crippen LogP contribution in [0.1, 0.15) is 67.7 Å². The van der Waals surface area contributed by atoms with E-state index in [1.54, 1.807) is 41.5 Å². The topological polar surface area (TPSA) is 136 Å². The molecule has 0 aromatic rings. The summed E-state index contributed by atoms with van der Waals surface area (Å²) in [5, 5.41) is 16.5. The van der Waals surface area contributed by atoms with Crippen LogP contribution in [-0.2, 0) is 24.0 Å². The molecule has 0 spiro atoms. The van der Waals surface area contributed by atoms with Gasteiger partial charge in [-0.15, -0.1) is 0 Å². The first-order valence-corrected chi connectivity index (χ1v) is 11.0. The fourth-order valence-corrected chi connectivity index (χ4v) is 3.39. The molecule has 0 fully saturated rings. The summed E-state index contributed by atoms with van der Waals surface area (Å²) in [4.78, 5) is 37.3. The van der Waals surface area contributed by atoms with Crippen molar-refractivity contribution >= 4 is 33.2 Å². The molecule has 2 atom stereocenters. The number of nitrogens with zero attached hydrogens (tertiary/aromatic N) is 1. The number of carboxylic acids is 1. The minimum atomic E-state index is -2.90. The Hall–Kier alpha value is -1.81. The van der Waals surface area contributed by atoms with Gasteiger partial charge in [0.2, 0.25) is 0 Å². The van der Waals surface area contributed by atoms with Gasteiger partial charge in [0.15, 0.2) is 0 Å². The third-order valence-corrected chi connectivity index (χ3v) is 4.88. The number of nitrogens with two attached hydrogens (primary N) is 1. The fraction of sp³-hybridized carbons (Fsp3) is 0.778. The fourth-order valence-electron chi connectivity index (χ4n) is 1.98. The van der Waals surface area contributed by atoms with Crippen molar-refractivity contribution in [3.05, 3.63) is 0 Å². The minimum absolute atomic E-state index is 0.189. The molecule has 9 nitrogen and oxygen atoms in total. The Balaban J connectivity index is 5.91. The maximum Gasteiger partial charge on any atom is 0.420 e. The summed E-state index contributed by atoms with van der Waals surface area (Å²) in [7, 11) is -2.90. The summed E-state index contributed by atoms with van der Waals surface area (Å²) in [5.74, 6) is -1.28. The highest BCUT2D eigenvalue weighted by molar-refractivity contribution is 7.99. The van der Waals surface area contributed by atoms with Crippen molar-refractivity contribution in [1.29, 1.82) is 0 Å². The third-order valence-electron chi connectivity index (χ3n) is 3.20. The number of aliphatic carboxylic acids is 1. The molecule has 0 saturated heterocycles. The second-order valence-electron chi connectivity index (χ2n) is 8.42. The van der Waals surface area contributed by atoms with E-state index in [4.69, 9.17) is 14.6 Å². The van der Waals surface area contributed by atoms with Crippen LogP contribution in [0.5, 0.6) is 0 Å². The molecule has 0 radical (unpaired) electrons. The van der Waals surface area contributed by atoms with Crippen LogP contribution in [0.25, 0.3) is 0 Å². The molecule has 0 bridgehead atoms. The van der Waals surface area contributed by atoms with Crippen LogP contribution in [0.3, 0.4) is 0 Å². The van der Waals surface area contributed by atoms with Gasteiger partial charge in [-0.25, -0.2) is 14.4 Å². The number of imide groups is 1. The normalized spacial score (nSPS) is 15.1. The summed E-state index contributed by atoms with van der Waals surface area (Å²) >= 11 is 0. The standard InChI is InChI=1S/C18H34N2O7S/c1-8-9-11-28(19,25)12-10-13(14(21)22)20(15(23)26-17(2,3)4)16(24)27-18(5,6)7/h12-13H,8-11H2,1-7H3,(H2,19,25)(H,21,22)/t13-,28?/m0/s1. The second-order valence-corrected chi connectivity index (χ2v) is 10.7. The number of hydrogen-bond donors (Lipinski definition) is 2. The van der Waals surface area contributed by atoms with E-state index in [0.29, 0.717) is 11.3 Å². The van der Waals surface area contributed by atoms with Crippen molar-refractivity contribution in [2.24, 2.45) is 5.14 Å². The van der Waals surface area contributed by atoms with E-state index in [1.165, 1.54) is 0 Å². The van der Waals surface area contributed by atoms with Crippen LogP contribution in [0, 0.1) is 0 Å². The Bertz CT molecular complexity index is 655. The highest BCUT2D eigenvalue weighted by Crippen LogP contribution is 2.18. The lowest BCUT2D eigenvalue weighted by Crippen LogP contribution is -2.52. The Kier molecular flexibility index (Phi) is 9.45. The van der Waals surface area contributed by atoms with Crippen LogP contribution < -0.4 is 5.14 Å². The molecule has 0 aliphatic heterocycles. The zero-order chi connectivity index (χ0) is 22.3. The predicted octanol–water partition coefficient (Wildman–Crippen LogP) is 2.76. The molecule has 28 heavy (non-hydrogen) atoms. The van der Waals surface area contributed by atoms with Crippen LogP contribution in [-0.4, -0.2) is 60.7 Å². The van der Waals surface area contributed by atoms with Gasteiger partial charge in [0, 0.05) is 21.9 Å². The zero-order valence-corrected chi connectivity index (χ0v) is 18.6. The third kappa shape index (κ3) is 10.5. The molecular formula is C18H34N2O7S. The lowest BCUT2D eigenvalue weighted by atomic mass is 10.2. The van der Waals surface area contributed by atoms with E-state index in [2.05, 4.69) is 0 Å². The van der Waals surface area contributed by atoms with Crippen LogP contribution in [0.4, 0.5) is 9.59 Å². The molecule has 0 aliphatic carbocycles. The number of hydrogen-bond acceptors (Lipinski definition) is 6. The average molecular weight is 423 g/mol. The summed E-state index contributed by atoms with van der Waals surface area (Å²) in [6.07, 6.45) is -1.36. The van der Waals surface area contributed by atoms with Gasteiger partial charge < -0.3 is 14.6 Å². The van der Waals surface area contributed by atoms with E-state index < -0.39 is 51.5 Å².